The van der Waals surface area contributed by atoms with E-state index >= 15 is 0 Å². The van der Waals surface area contributed by atoms with E-state index < -0.39 is 15.8 Å². The third kappa shape index (κ3) is 2.33. The predicted molar refractivity (Wildman–Crippen MR) is 84.8 cm³/mol. The van der Waals surface area contributed by atoms with Gasteiger partial charge in [-0.15, -0.1) is 0 Å². The molecule has 1 aliphatic rings. The van der Waals surface area contributed by atoms with Crippen LogP contribution in [0.2, 0.25) is 0 Å². The maximum absolute atomic E-state index is 13.2. The van der Waals surface area contributed by atoms with Crippen LogP contribution in [0.15, 0.2) is 41.3 Å². The second-order valence-electron chi connectivity index (χ2n) is 5.44. The molecule has 2 aromatic carbocycles. The molecule has 3 rings (SSSR count). The minimum absolute atomic E-state index is 0.129. The smallest absolute Gasteiger partial charge is 0.264 e. The van der Waals surface area contributed by atoms with Gasteiger partial charge in [-0.25, -0.2) is 12.8 Å². The normalized spacial score (nSPS) is 14.7. The third-order valence-electron chi connectivity index (χ3n) is 3.95. The van der Waals surface area contributed by atoms with Gasteiger partial charge in [0, 0.05) is 12.2 Å². The van der Waals surface area contributed by atoms with Crippen LogP contribution in [0.4, 0.5) is 15.8 Å². The van der Waals surface area contributed by atoms with E-state index in [1.54, 1.807) is 25.1 Å². The fourth-order valence-corrected chi connectivity index (χ4v) is 4.63. The first-order valence-electron chi connectivity index (χ1n) is 7.07. The lowest BCUT2D eigenvalue weighted by Crippen LogP contribution is -2.36. The van der Waals surface area contributed by atoms with Crippen LogP contribution >= 0.6 is 0 Å². The van der Waals surface area contributed by atoms with Gasteiger partial charge in [0.2, 0.25) is 0 Å². The number of nitrogens with two attached hydrogens (primary N) is 1. The molecule has 0 amide bonds. The zero-order chi connectivity index (χ0) is 15.9. The van der Waals surface area contributed by atoms with E-state index in [-0.39, 0.29) is 4.90 Å². The van der Waals surface area contributed by atoms with Crippen molar-refractivity contribution in [3.05, 3.63) is 53.3 Å². The van der Waals surface area contributed by atoms with Crippen molar-refractivity contribution in [3.63, 3.8) is 0 Å². The maximum atomic E-state index is 13.2. The predicted octanol–water partition coefficient (Wildman–Crippen LogP) is 2.86. The molecule has 0 saturated heterocycles. The van der Waals surface area contributed by atoms with Crippen molar-refractivity contribution >= 4 is 21.4 Å². The molecule has 0 atom stereocenters. The average Bonchev–Trinajstić information content (AvgIpc) is 2.46. The van der Waals surface area contributed by atoms with E-state index in [0.717, 1.165) is 12.0 Å². The number of sulfonamides is 1. The van der Waals surface area contributed by atoms with Gasteiger partial charge in [-0.3, -0.25) is 4.31 Å². The molecule has 0 spiro atoms. The number of nitrogens with zero attached hydrogens (tertiary/aromatic N) is 1. The molecule has 116 valence electrons. The fraction of sp³-hybridized carbons (Fsp3) is 0.250. The molecular weight excluding hydrogens is 303 g/mol. The molecule has 0 radical (unpaired) electrons. The van der Waals surface area contributed by atoms with Crippen LogP contribution in [0.5, 0.6) is 0 Å². The molecular formula is C16H17FN2O2S. The topological polar surface area (TPSA) is 63.4 Å². The molecule has 0 unspecified atom stereocenters. The number of fused-ring (bicyclic) bond motifs is 1. The van der Waals surface area contributed by atoms with E-state index in [4.69, 9.17) is 5.73 Å². The highest BCUT2D eigenvalue weighted by atomic mass is 32.2. The summed E-state index contributed by atoms with van der Waals surface area (Å²) in [7, 11) is -3.73. The summed E-state index contributed by atoms with van der Waals surface area (Å²) in [5.41, 5.74) is 8.45. The minimum atomic E-state index is -3.73. The van der Waals surface area contributed by atoms with Gasteiger partial charge >= 0.3 is 0 Å². The molecule has 22 heavy (non-hydrogen) atoms. The highest BCUT2D eigenvalue weighted by Crippen LogP contribution is 2.35. The standard InChI is InChI=1S/C16H17FN2O2S/c1-11-10-12(17)7-8-16(11)22(20,21)19-9-3-4-13-14(18)5-2-6-15(13)19/h2,5-8,10H,3-4,9,18H2,1H3. The molecule has 1 aliphatic heterocycles. The van der Waals surface area contributed by atoms with Crippen molar-refractivity contribution in [2.75, 3.05) is 16.6 Å². The van der Waals surface area contributed by atoms with Crippen LogP contribution in [0.3, 0.4) is 0 Å². The first kappa shape index (κ1) is 14.8. The minimum Gasteiger partial charge on any atom is -0.398 e. The van der Waals surface area contributed by atoms with Crippen LogP contribution in [0.1, 0.15) is 17.5 Å². The zero-order valence-electron chi connectivity index (χ0n) is 12.2. The number of rotatable bonds is 2. The van der Waals surface area contributed by atoms with Crippen molar-refractivity contribution < 1.29 is 12.8 Å². The van der Waals surface area contributed by atoms with Gasteiger partial charge in [-0.2, -0.15) is 0 Å². The molecule has 6 heteroatoms. The number of benzene rings is 2. The van der Waals surface area contributed by atoms with Crippen molar-refractivity contribution in [2.24, 2.45) is 0 Å². The van der Waals surface area contributed by atoms with Crippen LogP contribution < -0.4 is 10.0 Å². The Morgan fingerprint density at radius 1 is 1.23 bits per heavy atom. The van der Waals surface area contributed by atoms with Crippen LogP contribution in [-0.4, -0.2) is 15.0 Å². The lowest BCUT2D eigenvalue weighted by Gasteiger charge is -2.31. The van der Waals surface area contributed by atoms with Crippen LogP contribution in [0, 0.1) is 12.7 Å². The second kappa shape index (κ2) is 5.28. The molecule has 0 saturated carbocycles. The highest BCUT2D eigenvalue weighted by molar-refractivity contribution is 7.92. The van der Waals surface area contributed by atoms with E-state index in [1.165, 1.54) is 22.5 Å². The van der Waals surface area contributed by atoms with E-state index in [1.807, 2.05) is 0 Å². The number of nitrogen functional groups attached to an aromatic ring is 1. The fourth-order valence-electron chi connectivity index (χ4n) is 2.89. The Morgan fingerprint density at radius 3 is 2.73 bits per heavy atom. The second-order valence-corrected chi connectivity index (χ2v) is 7.27. The SMILES string of the molecule is Cc1cc(F)ccc1S(=O)(=O)N1CCCc2c(N)cccc21. The summed E-state index contributed by atoms with van der Waals surface area (Å²) < 4.78 is 40.5. The summed E-state index contributed by atoms with van der Waals surface area (Å²) in [6, 6.07) is 9.01. The van der Waals surface area contributed by atoms with E-state index in [2.05, 4.69) is 0 Å². The Morgan fingerprint density at radius 2 is 2.00 bits per heavy atom. The quantitative estimate of drug-likeness (QED) is 0.866. The van der Waals surface area contributed by atoms with Gasteiger partial charge in [-0.1, -0.05) is 6.07 Å². The van der Waals surface area contributed by atoms with Crippen molar-refractivity contribution in [1.29, 1.82) is 0 Å². The van der Waals surface area contributed by atoms with Gasteiger partial charge in [0.25, 0.3) is 10.0 Å². The van der Waals surface area contributed by atoms with Crippen molar-refractivity contribution in [3.8, 4) is 0 Å². The lowest BCUT2D eigenvalue weighted by molar-refractivity contribution is 0.584. The molecule has 1 heterocycles. The molecule has 0 aliphatic carbocycles. The summed E-state index contributed by atoms with van der Waals surface area (Å²) in [6.45, 7) is 2.00. The first-order chi connectivity index (χ1) is 10.4. The van der Waals surface area contributed by atoms with Crippen LogP contribution in [0.25, 0.3) is 0 Å². The summed E-state index contributed by atoms with van der Waals surface area (Å²) >= 11 is 0. The molecule has 0 bridgehead atoms. The van der Waals surface area contributed by atoms with Gasteiger partial charge in [0.15, 0.2) is 0 Å². The van der Waals surface area contributed by atoms with Crippen molar-refractivity contribution in [1.82, 2.24) is 0 Å². The molecule has 2 aromatic rings. The maximum Gasteiger partial charge on any atom is 0.264 e. The average molecular weight is 320 g/mol. The number of anilines is 2. The number of hydrogen-bond acceptors (Lipinski definition) is 3. The zero-order valence-corrected chi connectivity index (χ0v) is 13.0. The van der Waals surface area contributed by atoms with E-state index in [9.17, 15) is 12.8 Å². The number of halogens is 1. The van der Waals surface area contributed by atoms with Gasteiger partial charge in [0.05, 0.1) is 10.6 Å². The Kier molecular flexibility index (Phi) is 3.56. The Hall–Kier alpha value is -2.08. The Labute approximate surface area is 129 Å². The molecule has 2 N–H and O–H groups in total. The van der Waals surface area contributed by atoms with Gasteiger partial charge in [-0.05, 0) is 61.2 Å². The monoisotopic (exact) mass is 320 g/mol. The summed E-state index contributed by atoms with van der Waals surface area (Å²) in [6.07, 6.45) is 1.47. The third-order valence-corrected chi connectivity index (χ3v) is 5.92. The van der Waals surface area contributed by atoms with Gasteiger partial charge in [0.1, 0.15) is 5.82 Å². The summed E-state index contributed by atoms with van der Waals surface area (Å²) in [5, 5.41) is 0. The van der Waals surface area contributed by atoms with Gasteiger partial charge < -0.3 is 5.73 Å². The number of hydrogen-bond donors (Lipinski definition) is 1. The Balaban J connectivity index is 2.14. The van der Waals surface area contributed by atoms with E-state index in [0.29, 0.717) is 29.9 Å². The van der Waals surface area contributed by atoms with Crippen molar-refractivity contribution in [2.45, 2.75) is 24.7 Å². The molecule has 0 aromatic heterocycles. The lowest BCUT2D eigenvalue weighted by atomic mass is 10.0. The van der Waals surface area contributed by atoms with Crippen LogP contribution in [-0.2, 0) is 16.4 Å². The summed E-state index contributed by atoms with van der Waals surface area (Å²) in [5.74, 6) is -0.445. The largest absolute Gasteiger partial charge is 0.398 e. The highest BCUT2D eigenvalue weighted by Gasteiger charge is 2.30. The molecule has 0 fully saturated rings. The Bertz CT molecular complexity index is 834. The molecule has 4 nitrogen and oxygen atoms in total. The summed E-state index contributed by atoms with van der Waals surface area (Å²) in [4.78, 5) is 0.129. The first-order valence-corrected chi connectivity index (χ1v) is 8.51. The number of aryl methyl sites for hydroxylation is 1.